The van der Waals surface area contributed by atoms with Gasteiger partial charge in [-0.25, -0.2) is 9.78 Å². The highest BCUT2D eigenvalue weighted by molar-refractivity contribution is 5.98. The fourth-order valence-corrected chi connectivity index (χ4v) is 2.68. The molecule has 1 aliphatic rings. The van der Waals surface area contributed by atoms with Gasteiger partial charge in [0.15, 0.2) is 5.69 Å². The summed E-state index contributed by atoms with van der Waals surface area (Å²) in [6, 6.07) is 9.77. The summed E-state index contributed by atoms with van der Waals surface area (Å²) in [5.74, 6) is -0.392. The third-order valence-electron chi connectivity index (χ3n) is 3.93. The van der Waals surface area contributed by atoms with Gasteiger partial charge in [-0.15, -0.1) is 0 Å². The molecule has 1 aromatic heterocycles. The van der Waals surface area contributed by atoms with Crippen LogP contribution in [0.1, 0.15) is 10.5 Å². The van der Waals surface area contributed by atoms with Gasteiger partial charge in [0.2, 0.25) is 0 Å². The number of piperazine rings is 1. The van der Waals surface area contributed by atoms with E-state index < -0.39 is 5.97 Å². The number of likely N-dealkylation sites (N-methyl/N-ethyl adjacent to an activating group) is 1. The number of benzene rings is 1. The van der Waals surface area contributed by atoms with Crippen molar-refractivity contribution in [1.29, 1.82) is 0 Å². The molecule has 5 nitrogen and oxygen atoms in total. The summed E-state index contributed by atoms with van der Waals surface area (Å²) < 4.78 is 4.82. The molecule has 0 radical (unpaired) electrons. The molecule has 0 amide bonds. The number of anilines is 1. The third-order valence-corrected chi connectivity index (χ3v) is 3.93. The topological polar surface area (TPSA) is 45.7 Å². The first kappa shape index (κ1) is 13.8. The van der Waals surface area contributed by atoms with Crippen LogP contribution in [0.3, 0.4) is 0 Å². The number of carbonyl (C=O) groups excluding carboxylic acids is 1. The van der Waals surface area contributed by atoms with Gasteiger partial charge >= 0.3 is 5.97 Å². The Kier molecular flexibility index (Phi) is 3.75. The summed E-state index contributed by atoms with van der Waals surface area (Å²) in [5.41, 5.74) is 2.26. The van der Waals surface area contributed by atoms with Gasteiger partial charge in [0.1, 0.15) is 0 Å². The highest BCUT2D eigenvalue weighted by Gasteiger charge is 2.19. The van der Waals surface area contributed by atoms with E-state index in [9.17, 15) is 4.79 Å². The van der Waals surface area contributed by atoms with Gasteiger partial charge in [0.05, 0.1) is 12.6 Å². The lowest BCUT2D eigenvalue weighted by Crippen LogP contribution is -2.44. The van der Waals surface area contributed by atoms with Crippen LogP contribution in [0.2, 0.25) is 0 Å². The van der Waals surface area contributed by atoms with Crippen molar-refractivity contribution in [3.8, 4) is 0 Å². The van der Waals surface area contributed by atoms with E-state index in [1.54, 1.807) is 0 Å². The molecule has 1 aromatic carbocycles. The Hall–Kier alpha value is -2.14. The van der Waals surface area contributed by atoms with E-state index in [1.165, 1.54) is 7.11 Å². The third kappa shape index (κ3) is 2.69. The number of para-hydroxylation sites is 1. The molecule has 0 spiro atoms. The number of fused-ring (bicyclic) bond motifs is 1. The highest BCUT2D eigenvalue weighted by atomic mass is 16.5. The number of ether oxygens (including phenoxy) is 1. The minimum absolute atomic E-state index is 0.366. The summed E-state index contributed by atoms with van der Waals surface area (Å²) in [4.78, 5) is 20.9. The Bertz CT molecular complexity index is 664. The fraction of sp³-hybridized carbons (Fsp3) is 0.375. The van der Waals surface area contributed by atoms with Crippen LogP contribution in [0.15, 0.2) is 30.3 Å². The lowest BCUT2D eigenvalue weighted by Gasteiger charge is -2.34. The molecule has 0 bridgehead atoms. The van der Waals surface area contributed by atoms with Crippen molar-refractivity contribution in [3.05, 3.63) is 36.0 Å². The van der Waals surface area contributed by atoms with Crippen molar-refractivity contribution in [1.82, 2.24) is 9.88 Å². The van der Waals surface area contributed by atoms with E-state index in [4.69, 9.17) is 4.74 Å². The maximum absolute atomic E-state index is 11.8. The first-order valence-electron chi connectivity index (χ1n) is 7.10. The van der Waals surface area contributed by atoms with E-state index in [-0.39, 0.29) is 0 Å². The second-order valence-corrected chi connectivity index (χ2v) is 5.33. The standard InChI is InChI=1S/C16H19N3O2/c1-18-7-9-19(10-8-18)15-11-14(16(20)21-2)17-13-6-4-3-5-12(13)15/h3-6,11H,7-10H2,1-2H3. The predicted octanol–water partition coefficient (Wildman–Crippen LogP) is 1.77. The SMILES string of the molecule is COC(=O)c1cc(N2CCN(C)CC2)c2ccccc2n1. The lowest BCUT2D eigenvalue weighted by molar-refractivity contribution is 0.0594. The number of hydrogen-bond donors (Lipinski definition) is 0. The van der Waals surface area contributed by atoms with Crippen molar-refractivity contribution in [3.63, 3.8) is 0 Å². The molecule has 1 aliphatic heterocycles. The molecule has 21 heavy (non-hydrogen) atoms. The summed E-state index contributed by atoms with van der Waals surface area (Å²) >= 11 is 0. The Morgan fingerprint density at radius 1 is 1.19 bits per heavy atom. The molecule has 1 saturated heterocycles. The number of nitrogens with zero attached hydrogens (tertiary/aromatic N) is 3. The van der Waals surface area contributed by atoms with Gasteiger partial charge in [-0.05, 0) is 19.2 Å². The van der Waals surface area contributed by atoms with E-state index in [0.717, 1.165) is 42.8 Å². The van der Waals surface area contributed by atoms with Gasteiger partial charge in [0.25, 0.3) is 0 Å². The molecule has 2 heterocycles. The lowest BCUT2D eigenvalue weighted by atomic mass is 10.1. The van der Waals surface area contributed by atoms with Crippen molar-refractivity contribution >= 4 is 22.6 Å². The number of methoxy groups -OCH3 is 1. The number of aromatic nitrogens is 1. The van der Waals surface area contributed by atoms with Crippen molar-refractivity contribution < 1.29 is 9.53 Å². The molecular formula is C16H19N3O2. The average molecular weight is 285 g/mol. The van der Waals surface area contributed by atoms with Crippen LogP contribution in [-0.4, -0.2) is 56.2 Å². The monoisotopic (exact) mass is 285 g/mol. The molecule has 110 valence electrons. The predicted molar refractivity (Wildman–Crippen MR) is 82.8 cm³/mol. The smallest absolute Gasteiger partial charge is 0.356 e. The van der Waals surface area contributed by atoms with Gasteiger partial charge in [-0.3, -0.25) is 0 Å². The second kappa shape index (κ2) is 5.69. The molecular weight excluding hydrogens is 266 g/mol. The summed E-state index contributed by atoms with van der Waals surface area (Å²) in [6.45, 7) is 3.94. The van der Waals surface area contributed by atoms with Gasteiger partial charge in [-0.1, -0.05) is 18.2 Å². The molecule has 0 unspecified atom stereocenters. The summed E-state index contributed by atoms with van der Waals surface area (Å²) in [7, 11) is 3.51. The van der Waals surface area contributed by atoms with E-state index in [1.807, 2.05) is 24.3 Å². The Balaban J connectivity index is 2.08. The molecule has 0 atom stereocenters. The molecule has 0 N–H and O–H groups in total. The van der Waals surface area contributed by atoms with Crippen LogP contribution >= 0.6 is 0 Å². The summed E-state index contributed by atoms with van der Waals surface area (Å²) in [6.07, 6.45) is 0. The molecule has 0 aliphatic carbocycles. The van der Waals surface area contributed by atoms with E-state index in [2.05, 4.69) is 27.9 Å². The van der Waals surface area contributed by atoms with Crippen LogP contribution in [0.5, 0.6) is 0 Å². The van der Waals surface area contributed by atoms with Crippen molar-refractivity contribution in [2.45, 2.75) is 0 Å². The summed E-state index contributed by atoms with van der Waals surface area (Å²) in [5, 5.41) is 1.08. The number of hydrogen-bond acceptors (Lipinski definition) is 5. The quantitative estimate of drug-likeness (QED) is 0.787. The highest BCUT2D eigenvalue weighted by Crippen LogP contribution is 2.27. The zero-order valence-electron chi connectivity index (χ0n) is 12.4. The second-order valence-electron chi connectivity index (χ2n) is 5.33. The van der Waals surface area contributed by atoms with Gasteiger partial charge in [0, 0.05) is 37.3 Å². The van der Waals surface area contributed by atoms with Gasteiger partial charge < -0.3 is 14.5 Å². The van der Waals surface area contributed by atoms with Crippen LogP contribution in [-0.2, 0) is 4.74 Å². The minimum atomic E-state index is -0.392. The number of rotatable bonds is 2. The number of pyridine rings is 1. The first-order valence-corrected chi connectivity index (χ1v) is 7.10. The first-order chi connectivity index (χ1) is 10.2. The maximum Gasteiger partial charge on any atom is 0.356 e. The zero-order valence-corrected chi connectivity index (χ0v) is 12.4. The van der Waals surface area contributed by atoms with E-state index in [0.29, 0.717) is 5.69 Å². The Morgan fingerprint density at radius 2 is 1.90 bits per heavy atom. The number of esters is 1. The zero-order chi connectivity index (χ0) is 14.8. The van der Waals surface area contributed by atoms with Gasteiger partial charge in [-0.2, -0.15) is 0 Å². The molecule has 0 saturated carbocycles. The van der Waals surface area contributed by atoms with Crippen LogP contribution < -0.4 is 4.90 Å². The minimum Gasteiger partial charge on any atom is -0.464 e. The average Bonchev–Trinajstić information content (AvgIpc) is 2.54. The Labute approximate surface area is 124 Å². The van der Waals surface area contributed by atoms with E-state index >= 15 is 0 Å². The molecule has 3 rings (SSSR count). The number of carbonyl (C=O) groups is 1. The Morgan fingerprint density at radius 3 is 2.62 bits per heavy atom. The fourth-order valence-electron chi connectivity index (χ4n) is 2.68. The van der Waals surface area contributed by atoms with Crippen LogP contribution in [0.25, 0.3) is 10.9 Å². The van der Waals surface area contributed by atoms with Crippen molar-refractivity contribution in [2.75, 3.05) is 45.2 Å². The normalized spacial score (nSPS) is 16.2. The van der Waals surface area contributed by atoms with Crippen LogP contribution in [0, 0.1) is 0 Å². The molecule has 1 fully saturated rings. The maximum atomic E-state index is 11.8. The van der Waals surface area contributed by atoms with Crippen LogP contribution in [0.4, 0.5) is 5.69 Å². The largest absolute Gasteiger partial charge is 0.464 e. The van der Waals surface area contributed by atoms with Crippen molar-refractivity contribution in [2.24, 2.45) is 0 Å². The molecule has 5 heteroatoms. The molecule has 2 aromatic rings.